The van der Waals surface area contributed by atoms with Crippen molar-refractivity contribution in [3.8, 4) is 6.07 Å². The van der Waals surface area contributed by atoms with E-state index in [0.29, 0.717) is 0 Å². The fourth-order valence-electron chi connectivity index (χ4n) is 1.60. The number of halogens is 1. The van der Waals surface area contributed by atoms with Gasteiger partial charge in [0, 0.05) is 19.0 Å². The lowest BCUT2D eigenvalue weighted by molar-refractivity contribution is -0.140. The minimum absolute atomic E-state index is 0.0937. The average Bonchev–Trinajstić information content (AvgIpc) is 2.38. The van der Waals surface area contributed by atoms with Crippen LogP contribution in [-0.2, 0) is 9.59 Å². The molecule has 0 heterocycles. The quantitative estimate of drug-likeness (QED) is 0.877. The van der Waals surface area contributed by atoms with Crippen molar-refractivity contribution in [3.63, 3.8) is 0 Å². The zero-order valence-corrected chi connectivity index (χ0v) is 10.3. The second kappa shape index (κ2) is 6.50. The fraction of sp³-hybridized carbons (Fsp3) is 0.308. The molecule has 0 fully saturated rings. The molecule has 0 radical (unpaired) electrons. The van der Waals surface area contributed by atoms with Crippen LogP contribution in [0.25, 0.3) is 0 Å². The summed E-state index contributed by atoms with van der Waals surface area (Å²) in [5.41, 5.74) is 0.0937. The number of hydrogen-bond acceptors (Lipinski definition) is 3. The summed E-state index contributed by atoms with van der Waals surface area (Å²) in [6.45, 7) is 0. The van der Waals surface area contributed by atoms with E-state index in [1.165, 1.54) is 25.2 Å². The minimum Gasteiger partial charge on any atom is -0.481 e. The molecule has 0 aliphatic rings. The van der Waals surface area contributed by atoms with Crippen LogP contribution in [0.15, 0.2) is 24.3 Å². The van der Waals surface area contributed by atoms with Gasteiger partial charge in [0.15, 0.2) is 0 Å². The first-order valence-corrected chi connectivity index (χ1v) is 5.59. The van der Waals surface area contributed by atoms with Crippen LogP contribution in [0.1, 0.15) is 24.4 Å². The van der Waals surface area contributed by atoms with Gasteiger partial charge < -0.3 is 10.0 Å². The molecule has 0 aromatic heterocycles. The van der Waals surface area contributed by atoms with Crippen LogP contribution in [0.2, 0.25) is 0 Å². The van der Waals surface area contributed by atoms with Crippen molar-refractivity contribution in [1.82, 2.24) is 4.90 Å². The number of rotatable bonds is 5. The lowest BCUT2D eigenvalue weighted by Crippen LogP contribution is -2.31. The molecular formula is C13H13FN2O3. The number of carbonyl (C=O) groups excluding carboxylic acids is 1. The Labute approximate surface area is 109 Å². The molecule has 0 saturated heterocycles. The Morgan fingerprint density at radius 2 is 2.05 bits per heavy atom. The van der Waals surface area contributed by atoms with E-state index in [4.69, 9.17) is 10.4 Å². The van der Waals surface area contributed by atoms with E-state index >= 15 is 0 Å². The Morgan fingerprint density at radius 3 is 2.58 bits per heavy atom. The normalized spacial score (nSPS) is 11.4. The van der Waals surface area contributed by atoms with E-state index in [1.807, 2.05) is 6.07 Å². The number of benzene rings is 1. The highest BCUT2D eigenvalue weighted by Crippen LogP contribution is 2.22. The van der Waals surface area contributed by atoms with Crippen molar-refractivity contribution in [2.75, 3.05) is 7.05 Å². The van der Waals surface area contributed by atoms with Crippen LogP contribution < -0.4 is 0 Å². The summed E-state index contributed by atoms with van der Waals surface area (Å²) in [5.74, 6) is -2.19. The summed E-state index contributed by atoms with van der Waals surface area (Å²) >= 11 is 0. The minimum atomic E-state index is -1.10. The molecule has 1 atom stereocenters. The molecule has 1 N–H and O–H groups in total. The predicted molar refractivity (Wildman–Crippen MR) is 64.4 cm³/mol. The van der Waals surface area contributed by atoms with Gasteiger partial charge in [0.2, 0.25) is 5.91 Å². The average molecular weight is 264 g/mol. The molecule has 100 valence electrons. The topological polar surface area (TPSA) is 81.4 Å². The molecule has 0 bridgehead atoms. The molecule has 1 aromatic rings. The first kappa shape index (κ1) is 14.6. The third kappa shape index (κ3) is 3.78. The second-order valence-electron chi connectivity index (χ2n) is 3.95. The van der Waals surface area contributed by atoms with Gasteiger partial charge in [-0.3, -0.25) is 9.59 Å². The van der Waals surface area contributed by atoms with Gasteiger partial charge in [-0.2, -0.15) is 5.26 Å². The highest BCUT2D eigenvalue weighted by molar-refractivity contribution is 5.81. The van der Waals surface area contributed by atoms with Gasteiger partial charge in [-0.15, -0.1) is 0 Å². The number of carboxylic acids is 1. The molecule has 0 aliphatic carbocycles. The molecule has 1 amide bonds. The number of nitriles is 1. The van der Waals surface area contributed by atoms with Crippen LogP contribution in [0.5, 0.6) is 0 Å². The van der Waals surface area contributed by atoms with Gasteiger partial charge >= 0.3 is 5.97 Å². The Balaban J connectivity index is 2.86. The maximum absolute atomic E-state index is 13.6. The van der Waals surface area contributed by atoms with Crippen LogP contribution >= 0.6 is 0 Å². The van der Waals surface area contributed by atoms with E-state index in [2.05, 4.69) is 0 Å². The number of aliphatic carboxylic acids is 1. The van der Waals surface area contributed by atoms with Crippen LogP contribution in [0.3, 0.4) is 0 Å². The Hall–Kier alpha value is -2.42. The highest BCUT2D eigenvalue weighted by atomic mass is 19.1. The number of nitrogens with zero attached hydrogens (tertiary/aromatic N) is 2. The van der Waals surface area contributed by atoms with Crippen LogP contribution in [-0.4, -0.2) is 28.9 Å². The molecule has 6 heteroatoms. The number of carbonyl (C=O) groups is 2. The summed E-state index contributed by atoms with van der Waals surface area (Å²) in [6, 6.07) is 6.46. The maximum atomic E-state index is 13.6. The van der Waals surface area contributed by atoms with Gasteiger partial charge in [-0.25, -0.2) is 4.39 Å². The summed E-state index contributed by atoms with van der Waals surface area (Å²) in [4.78, 5) is 23.2. The first-order chi connectivity index (χ1) is 8.97. The standard InChI is InChI=1S/C13H13FN2O3/c1-16(12(17)6-7-13(18)19)11(8-15)9-4-2-3-5-10(9)14/h2-5,11H,6-7H2,1H3,(H,18,19). The van der Waals surface area contributed by atoms with Crippen LogP contribution in [0.4, 0.5) is 4.39 Å². The lowest BCUT2D eigenvalue weighted by atomic mass is 10.1. The Bertz CT molecular complexity index is 525. The van der Waals surface area contributed by atoms with E-state index in [9.17, 15) is 14.0 Å². The number of carboxylic acid groups (broad SMARTS) is 1. The van der Waals surface area contributed by atoms with E-state index in [0.717, 1.165) is 4.90 Å². The largest absolute Gasteiger partial charge is 0.481 e. The van der Waals surface area contributed by atoms with Crippen molar-refractivity contribution in [2.45, 2.75) is 18.9 Å². The van der Waals surface area contributed by atoms with Crippen molar-refractivity contribution in [2.24, 2.45) is 0 Å². The third-order valence-electron chi connectivity index (χ3n) is 2.66. The summed E-state index contributed by atoms with van der Waals surface area (Å²) in [6.07, 6.45) is -0.545. The summed E-state index contributed by atoms with van der Waals surface area (Å²) < 4.78 is 13.6. The van der Waals surface area contributed by atoms with E-state index < -0.39 is 23.7 Å². The second-order valence-corrected chi connectivity index (χ2v) is 3.95. The molecular weight excluding hydrogens is 251 g/mol. The van der Waals surface area contributed by atoms with Crippen molar-refractivity contribution in [1.29, 1.82) is 5.26 Å². The van der Waals surface area contributed by atoms with Crippen molar-refractivity contribution >= 4 is 11.9 Å². The monoisotopic (exact) mass is 264 g/mol. The fourth-order valence-corrected chi connectivity index (χ4v) is 1.60. The number of amides is 1. The maximum Gasteiger partial charge on any atom is 0.303 e. The molecule has 0 aliphatic heterocycles. The summed E-state index contributed by atoms with van der Waals surface area (Å²) in [5, 5.41) is 17.6. The Kier molecular flexibility index (Phi) is 5.01. The van der Waals surface area contributed by atoms with E-state index in [-0.39, 0.29) is 18.4 Å². The zero-order valence-electron chi connectivity index (χ0n) is 10.3. The molecule has 1 rings (SSSR count). The molecule has 19 heavy (non-hydrogen) atoms. The van der Waals surface area contributed by atoms with Crippen molar-refractivity contribution < 1.29 is 19.1 Å². The lowest BCUT2D eigenvalue weighted by Gasteiger charge is -2.23. The number of hydrogen-bond donors (Lipinski definition) is 1. The smallest absolute Gasteiger partial charge is 0.303 e. The van der Waals surface area contributed by atoms with Gasteiger partial charge in [0.1, 0.15) is 11.9 Å². The van der Waals surface area contributed by atoms with E-state index in [1.54, 1.807) is 6.07 Å². The molecule has 0 saturated carbocycles. The zero-order chi connectivity index (χ0) is 14.4. The van der Waals surface area contributed by atoms with Gasteiger partial charge in [-0.1, -0.05) is 18.2 Å². The third-order valence-corrected chi connectivity index (χ3v) is 2.66. The Morgan fingerprint density at radius 1 is 1.42 bits per heavy atom. The van der Waals surface area contributed by atoms with Crippen LogP contribution in [0, 0.1) is 17.1 Å². The molecule has 0 spiro atoms. The van der Waals surface area contributed by atoms with Gasteiger partial charge in [-0.05, 0) is 6.07 Å². The van der Waals surface area contributed by atoms with Gasteiger partial charge in [0.25, 0.3) is 0 Å². The SMILES string of the molecule is CN(C(=O)CCC(=O)O)C(C#N)c1ccccc1F. The van der Waals surface area contributed by atoms with Crippen molar-refractivity contribution in [3.05, 3.63) is 35.6 Å². The predicted octanol–water partition coefficient (Wildman–Crippen LogP) is 1.71. The molecule has 5 nitrogen and oxygen atoms in total. The molecule has 1 unspecified atom stereocenters. The first-order valence-electron chi connectivity index (χ1n) is 5.59. The highest BCUT2D eigenvalue weighted by Gasteiger charge is 2.23. The summed E-state index contributed by atoms with van der Waals surface area (Å²) in [7, 11) is 1.35. The molecule has 1 aromatic carbocycles. The van der Waals surface area contributed by atoms with Gasteiger partial charge in [0.05, 0.1) is 12.5 Å².